The Kier molecular flexibility index (Phi) is 7.26. The summed E-state index contributed by atoms with van der Waals surface area (Å²) in [5, 5.41) is 0.0763. The van der Waals surface area contributed by atoms with Crippen molar-refractivity contribution in [2.75, 3.05) is 20.0 Å². The van der Waals surface area contributed by atoms with E-state index in [1.165, 1.54) is 12.1 Å². The van der Waals surface area contributed by atoms with Crippen LogP contribution in [0.1, 0.15) is 66.4 Å². The molecule has 0 saturated heterocycles. The smallest absolute Gasteiger partial charge is 0.291 e. The zero-order valence-corrected chi connectivity index (χ0v) is 22.9. The third kappa shape index (κ3) is 4.96. The molecule has 1 unspecified atom stereocenters. The van der Waals surface area contributed by atoms with E-state index in [0.29, 0.717) is 41.8 Å². The van der Waals surface area contributed by atoms with Gasteiger partial charge in [-0.25, -0.2) is 4.39 Å². The molecule has 6 rings (SSSR count). The Labute approximate surface area is 236 Å². The van der Waals surface area contributed by atoms with Gasteiger partial charge in [-0.05, 0) is 66.9 Å². The molecule has 9 heteroatoms. The molecule has 2 aliphatic heterocycles. The summed E-state index contributed by atoms with van der Waals surface area (Å²) in [6.45, 7) is 5.25. The van der Waals surface area contributed by atoms with E-state index < -0.39 is 23.2 Å². The first-order valence-electron chi connectivity index (χ1n) is 13.8. The third-order valence-corrected chi connectivity index (χ3v) is 7.31. The molecule has 0 saturated carbocycles. The summed E-state index contributed by atoms with van der Waals surface area (Å²) >= 11 is 0. The zero-order valence-electron chi connectivity index (χ0n) is 22.9. The lowest BCUT2D eigenvalue weighted by atomic mass is 9.97. The molecule has 0 spiro atoms. The van der Waals surface area contributed by atoms with Gasteiger partial charge in [-0.15, -0.1) is 0 Å². The third-order valence-electron chi connectivity index (χ3n) is 7.31. The van der Waals surface area contributed by atoms with Gasteiger partial charge in [0.1, 0.15) is 11.4 Å². The van der Waals surface area contributed by atoms with E-state index in [2.05, 4.69) is 6.92 Å². The van der Waals surface area contributed by atoms with Gasteiger partial charge in [0, 0.05) is 6.54 Å². The van der Waals surface area contributed by atoms with Crippen molar-refractivity contribution in [1.29, 1.82) is 0 Å². The average molecular weight is 560 g/mol. The second-order valence-electron chi connectivity index (χ2n) is 10.0. The molecule has 1 atom stereocenters. The number of unbranched alkanes of at least 4 members (excludes halogenated alkanes) is 2. The number of hydrogen-bond acceptors (Lipinski definition) is 7. The summed E-state index contributed by atoms with van der Waals surface area (Å²) < 4.78 is 43.0. The molecule has 3 heterocycles. The lowest BCUT2D eigenvalue weighted by molar-refractivity contribution is 0.0714. The van der Waals surface area contributed by atoms with E-state index in [-0.39, 0.29) is 35.6 Å². The van der Waals surface area contributed by atoms with Gasteiger partial charge in [0.2, 0.25) is 12.6 Å². The van der Waals surface area contributed by atoms with E-state index in [9.17, 15) is 14.0 Å². The van der Waals surface area contributed by atoms with Crippen molar-refractivity contribution in [2.24, 2.45) is 0 Å². The van der Waals surface area contributed by atoms with Crippen LogP contribution in [0.4, 0.5) is 4.39 Å². The monoisotopic (exact) mass is 559 g/mol. The Morgan fingerprint density at radius 2 is 1.78 bits per heavy atom. The number of carbonyl (C=O) groups is 1. The largest absolute Gasteiger partial charge is 0.490 e. The van der Waals surface area contributed by atoms with Gasteiger partial charge in [-0.2, -0.15) is 0 Å². The number of halogens is 1. The number of ether oxygens (including phenoxy) is 4. The molecule has 41 heavy (non-hydrogen) atoms. The minimum Gasteiger partial charge on any atom is -0.490 e. The van der Waals surface area contributed by atoms with E-state index in [4.69, 9.17) is 23.4 Å². The minimum atomic E-state index is -0.805. The van der Waals surface area contributed by atoms with Gasteiger partial charge in [-0.3, -0.25) is 9.59 Å². The molecule has 212 valence electrons. The quantitative estimate of drug-likeness (QED) is 0.209. The van der Waals surface area contributed by atoms with Crippen LogP contribution >= 0.6 is 0 Å². The van der Waals surface area contributed by atoms with E-state index in [0.717, 1.165) is 30.9 Å². The fourth-order valence-corrected chi connectivity index (χ4v) is 5.35. The summed E-state index contributed by atoms with van der Waals surface area (Å²) in [6.07, 6.45) is 3.06. The van der Waals surface area contributed by atoms with Crippen molar-refractivity contribution >= 4 is 16.9 Å². The highest BCUT2D eigenvalue weighted by atomic mass is 19.1. The van der Waals surface area contributed by atoms with Crippen LogP contribution < -0.4 is 24.4 Å². The second kappa shape index (κ2) is 11.2. The van der Waals surface area contributed by atoms with Crippen LogP contribution in [0.15, 0.2) is 63.8 Å². The van der Waals surface area contributed by atoms with Crippen LogP contribution in [0, 0.1) is 5.82 Å². The molecule has 2 aliphatic rings. The first kappa shape index (κ1) is 26.7. The molecular weight excluding hydrogens is 529 g/mol. The zero-order chi connectivity index (χ0) is 28.5. The number of benzene rings is 3. The van der Waals surface area contributed by atoms with Crippen molar-refractivity contribution in [1.82, 2.24) is 4.90 Å². The number of hydrogen-bond donors (Lipinski definition) is 0. The molecule has 0 radical (unpaired) electrons. The van der Waals surface area contributed by atoms with Crippen molar-refractivity contribution in [3.8, 4) is 23.0 Å². The van der Waals surface area contributed by atoms with Crippen LogP contribution in [0.5, 0.6) is 23.0 Å². The molecule has 8 nitrogen and oxygen atoms in total. The summed E-state index contributed by atoms with van der Waals surface area (Å²) in [7, 11) is 0. The summed E-state index contributed by atoms with van der Waals surface area (Å²) in [5.74, 6) is 1.25. The van der Waals surface area contributed by atoms with Crippen LogP contribution in [-0.4, -0.2) is 30.8 Å². The number of carbonyl (C=O) groups excluding carboxylic acids is 1. The lowest BCUT2D eigenvalue weighted by Gasteiger charge is -2.26. The van der Waals surface area contributed by atoms with Crippen LogP contribution in [0.2, 0.25) is 0 Å². The van der Waals surface area contributed by atoms with E-state index in [1.807, 2.05) is 25.1 Å². The number of rotatable bonds is 10. The number of amides is 1. The standard InChI is InChI=1S/C32H30FNO7/c1-3-5-6-13-38-24-11-8-20(15-27(24)37-4-2)29-28-30(35)22-16-21(33)9-12-23(22)41-31(28)32(36)34(29)17-19-7-10-25-26(14-19)40-18-39-25/h7-12,14-16,29H,3-6,13,17-18H2,1-2H3. The summed E-state index contributed by atoms with van der Waals surface area (Å²) in [5.41, 5.74) is 1.28. The Morgan fingerprint density at radius 1 is 0.927 bits per heavy atom. The molecular formula is C32H30FNO7. The van der Waals surface area contributed by atoms with Crippen LogP contribution in [0.3, 0.4) is 0 Å². The molecule has 0 bridgehead atoms. The average Bonchev–Trinajstić information content (AvgIpc) is 3.55. The lowest BCUT2D eigenvalue weighted by Crippen LogP contribution is -2.29. The SMILES string of the molecule is CCCCCOc1ccc(C2c3c(oc4ccc(F)cc4c3=O)C(=O)N2Cc2ccc3c(c2)OCO3)cc1OCC. The Hall–Kier alpha value is -4.53. The fourth-order valence-electron chi connectivity index (χ4n) is 5.35. The van der Waals surface area contributed by atoms with Gasteiger partial charge in [0.05, 0.1) is 30.2 Å². The van der Waals surface area contributed by atoms with Crippen molar-refractivity contribution < 1.29 is 32.5 Å². The van der Waals surface area contributed by atoms with Crippen LogP contribution in [0.25, 0.3) is 11.0 Å². The number of nitrogens with zero attached hydrogens (tertiary/aromatic N) is 1. The van der Waals surface area contributed by atoms with Gasteiger partial charge in [0.15, 0.2) is 28.4 Å². The molecule has 0 aliphatic carbocycles. The summed E-state index contributed by atoms with van der Waals surface area (Å²) in [6, 6.07) is 13.8. The van der Waals surface area contributed by atoms with Crippen molar-refractivity contribution in [2.45, 2.75) is 45.7 Å². The Bertz CT molecular complexity index is 1680. The predicted octanol–water partition coefficient (Wildman–Crippen LogP) is 6.37. The highest BCUT2D eigenvalue weighted by molar-refractivity contribution is 5.99. The normalized spacial score (nSPS) is 15.4. The highest BCUT2D eigenvalue weighted by Gasteiger charge is 2.43. The van der Waals surface area contributed by atoms with Gasteiger partial charge in [-0.1, -0.05) is 31.9 Å². The van der Waals surface area contributed by atoms with Crippen molar-refractivity contribution in [3.05, 3.63) is 93.1 Å². The van der Waals surface area contributed by atoms with E-state index in [1.54, 1.807) is 23.1 Å². The summed E-state index contributed by atoms with van der Waals surface area (Å²) in [4.78, 5) is 29.3. The van der Waals surface area contributed by atoms with Gasteiger partial charge < -0.3 is 28.3 Å². The first-order valence-corrected chi connectivity index (χ1v) is 13.8. The van der Waals surface area contributed by atoms with Gasteiger partial charge >= 0.3 is 0 Å². The number of fused-ring (bicyclic) bond motifs is 3. The maximum absolute atomic E-state index is 14.2. The maximum atomic E-state index is 14.2. The van der Waals surface area contributed by atoms with E-state index >= 15 is 0 Å². The Balaban J connectivity index is 1.45. The fraction of sp³-hybridized carbons (Fsp3) is 0.312. The molecule has 0 fully saturated rings. The predicted molar refractivity (Wildman–Crippen MR) is 149 cm³/mol. The van der Waals surface area contributed by atoms with Crippen molar-refractivity contribution in [3.63, 3.8) is 0 Å². The molecule has 0 N–H and O–H groups in total. The molecule has 4 aromatic rings. The molecule has 1 amide bonds. The topological polar surface area (TPSA) is 87.4 Å². The minimum absolute atomic E-state index is 0.0577. The maximum Gasteiger partial charge on any atom is 0.291 e. The highest BCUT2D eigenvalue weighted by Crippen LogP contribution is 2.42. The van der Waals surface area contributed by atoms with Gasteiger partial charge in [0.25, 0.3) is 5.91 Å². The Morgan fingerprint density at radius 3 is 2.61 bits per heavy atom. The molecule has 3 aromatic carbocycles. The first-order chi connectivity index (χ1) is 20.0. The van der Waals surface area contributed by atoms with Crippen LogP contribution in [-0.2, 0) is 6.54 Å². The molecule has 1 aromatic heterocycles. The second-order valence-corrected chi connectivity index (χ2v) is 10.0.